The molecule has 349 valence electrons. The van der Waals surface area contributed by atoms with E-state index in [2.05, 4.69) is 62.1 Å². The Labute approximate surface area is 389 Å². The highest BCUT2D eigenvalue weighted by Gasteiger charge is 2.34. The number of carbonyl (C=O) groups is 6. The summed E-state index contributed by atoms with van der Waals surface area (Å²) in [6.07, 6.45) is 4.53. The second kappa shape index (κ2) is 26.2. The van der Waals surface area contributed by atoms with Crippen LogP contribution >= 0.6 is 25.3 Å². The Kier molecular flexibility index (Phi) is 20.8. The average Bonchev–Trinajstić information content (AvgIpc) is 3.71. The Hall–Kier alpha value is -5.89. The van der Waals surface area contributed by atoms with Gasteiger partial charge in [0.1, 0.15) is 42.0 Å². The standard InChI is InChI=1S/C46H60N9O8S2/c1-27(2)40(46(63)50-31(24-56)25-64)55-42(59)36(14-8-9-19-47)51-44(61)38(22-30-23-49-35-13-7-6-12-33(30)35)53-43(60)37(21-29-15-17-32(57)18-16-29)52-45(62)39(26-65)54-41(58)34(48)20-28-10-4-3-5-11-28/h3-7,10-13,15-18,23,27,31,34,36-40,49,57,64-65H,8-9,14,19-22,25-26,47-48H2,1-2H3,(H,50,63)(H,51,61)(H,52,62)(H,53,60)(H,54,58)(H,55,59)/t31-,34-,36+,37+,38-,39+,40+/m1/s1. The maximum Gasteiger partial charge on any atom is 0.244 e. The molecule has 0 aliphatic carbocycles. The molecular weight excluding hydrogens is 871 g/mol. The molecule has 65 heavy (non-hydrogen) atoms. The number of aromatic nitrogens is 1. The zero-order valence-electron chi connectivity index (χ0n) is 36.4. The lowest BCUT2D eigenvalue weighted by atomic mass is 10.00. The molecule has 17 nitrogen and oxygen atoms in total. The van der Waals surface area contributed by atoms with Gasteiger partial charge in [0.2, 0.25) is 41.7 Å². The molecule has 0 aliphatic heterocycles. The second-order valence-corrected chi connectivity index (χ2v) is 16.8. The van der Waals surface area contributed by atoms with Gasteiger partial charge in [0, 0.05) is 41.4 Å². The Bertz CT molecular complexity index is 2210. The van der Waals surface area contributed by atoms with E-state index in [0.717, 1.165) is 16.5 Å². The predicted molar refractivity (Wildman–Crippen MR) is 255 cm³/mol. The van der Waals surface area contributed by atoms with Crippen molar-refractivity contribution in [1.82, 2.24) is 36.9 Å². The lowest BCUT2D eigenvalue weighted by Crippen LogP contribution is -2.61. The summed E-state index contributed by atoms with van der Waals surface area (Å²) in [6.45, 7) is 3.74. The highest BCUT2D eigenvalue weighted by molar-refractivity contribution is 7.80. The number of aromatic hydroxyl groups is 1. The number of rotatable bonds is 26. The van der Waals surface area contributed by atoms with Crippen LogP contribution in [0.4, 0.5) is 0 Å². The van der Waals surface area contributed by atoms with Gasteiger partial charge < -0.3 is 53.5 Å². The number of phenolic OH excluding ortho intramolecular Hbond substituents is 1. The van der Waals surface area contributed by atoms with Gasteiger partial charge in [-0.3, -0.25) is 33.6 Å². The van der Waals surface area contributed by atoms with E-state index in [9.17, 15) is 38.7 Å². The van der Waals surface area contributed by atoms with Crippen molar-refractivity contribution >= 4 is 77.9 Å². The first kappa shape index (κ1) is 51.7. The molecule has 0 fully saturated rings. The van der Waals surface area contributed by atoms with Crippen LogP contribution in [0.15, 0.2) is 85.1 Å². The van der Waals surface area contributed by atoms with Gasteiger partial charge in [-0.25, -0.2) is 0 Å². The molecule has 1 radical (unpaired) electrons. The summed E-state index contributed by atoms with van der Waals surface area (Å²) >= 11 is 8.38. The van der Waals surface area contributed by atoms with E-state index in [-0.39, 0.29) is 42.9 Å². The first-order valence-corrected chi connectivity index (χ1v) is 22.7. The fourth-order valence-electron chi connectivity index (χ4n) is 6.98. The minimum atomic E-state index is -1.33. The molecule has 0 spiro atoms. The summed E-state index contributed by atoms with van der Waals surface area (Å²) in [4.78, 5) is 97.7. The fourth-order valence-corrected chi connectivity index (χ4v) is 7.40. The number of benzene rings is 3. The first-order chi connectivity index (χ1) is 31.2. The molecular formula is C46H60N9O8S2. The summed E-state index contributed by atoms with van der Waals surface area (Å²) in [5.74, 6) is -4.79. The molecule has 0 aliphatic rings. The van der Waals surface area contributed by atoms with Gasteiger partial charge in [0.25, 0.3) is 0 Å². The summed E-state index contributed by atoms with van der Waals surface area (Å²) < 4.78 is 0. The Morgan fingerprint density at radius 3 is 1.83 bits per heavy atom. The number of aromatic amines is 1. The van der Waals surface area contributed by atoms with Crippen molar-refractivity contribution in [3.63, 3.8) is 0 Å². The van der Waals surface area contributed by atoms with Crippen molar-refractivity contribution in [2.24, 2.45) is 17.4 Å². The molecule has 3 aromatic carbocycles. The molecule has 4 rings (SSSR count). The van der Waals surface area contributed by atoms with Crippen LogP contribution in [-0.4, -0.2) is 112 Å². The van der Waals surface area contributed by atoms with Crippen molar-refractivity contribution < 1.29 is 38.7 Å². The molecule has 1 heterocycles. The van der Waals surface area contributed by atoms with Crippen molar-refractivity contribution in [3.8, 4) is 5.75 Å². The number of nitrogens with two attached hydrogens (primary N) is 2. The minimum Gasteiger partial charge on any atom is -0.508 e. The van der Waals surface area contributed by atoms with E-state index in [1.165, 1.54) is 12.1 Å². The summed E-state index contributed by atoms with van der Waals surface area (Å²) in [7, 11) is 0. The maximum absolute atomic E-state index is 14.5. The van der Waals surface area contributed by atoms with Crippen LogP contribution in [-0.2, 0) is 52.8 Å². The lowest BCUT2D eigenvalue weighted by molar-refractivity contribution is -0.135. The van der Waals surface area contributed by atoms with Gasteiger partial charge in [-0.05, 0) is 73.0 Å². The average molecular weight is 931 g/mol. The van der Waals surface area contributed by atoms with E-state index in [4.69, 9.17) is 11.5 Å². The number of unbranched alkanes of at least 4 members (excludes halogenated alkanes) is 1. The van der Waals surface area contributed by atoms with Crippen LogP contribution in [0.1, 0.15) is 49.8 Å². The van der Waals surface area contributed by atoms with Gasteiger partial charge in [-0.15, -0.1) is 0 Å². The summed E-state index contributed by atoms with van der Waals surface area (Å²) in [5, 5.41) is 26.9. The van der Waals surface area contributed by atoms with E-state index in [1.54, 1.807) is 38.5 Å². The van der Waals surface area contributed by atoms with Crippen LogP contribution in [0.3, 0.4) is 0 Å². The Morgan fingerprint density at radius 1 is 0.646 bits per heavy atom. The zero-order chi connectivity index (χ0) is 47.5. The van der Waals surface area contributed by atoms with Gasteiger partial charge in [-0.2, -0.15) is 25.3 Å². The molecule has 12 N–H and O–H groups in total. The largest absolute Gasteiger partial charge is 0.508 e. The third kappa shape index (κ3) is 15.9. The molecule has 1 aromatic heterocycles. The minimum absolute atomic E-state index is 0.00891. The number of fused-ring (bicyclic) bond motifs is 1. The van der Waals surface area contributed by atoms with Gasteiger partial charge in [0.15, 0.2) is 0 Å². The fraction of sp³-hybridized carbons (Fsp3) is 0.413. The SMILES string of the molecule is CC(C)[C@H](NC(=O)[C@H](CCCCN)NC(=O)[C@@H](Cc1c[nH]c2ccccc12)NC(=O)[C@H](Cc1ccc(O)cc1)NC(=O)[C@H](CS)NC(=O)[C@H](N)Cc1ccccc1)C(=O)N[C@H]([C]=O)CS. The predicted octanol–water partition coefficient (Wildman–Crippen LogP) is 0.892. The number of para-hydroxylation sites is 1. The van der Waals surface area contributed by atoms with E-state index in [1.807, 2.05) is 54.6 Å². The van der Waals surface area contributed by atoms with Gasteiger partial charge >= 0.3 is 0 Å². The molecule has 0 saturated carbocycles. The molecule has 0 unspecified atom stereocenters. The Morgan fingerprint density at radius 2 is 1.22 bits per heavy atom. The molecule has 0 bridgehead atoms. The van der Waals surface area contributed by atoms with Crippen LogP contribution in [0.2, 0.25) is 0 Å². The normalized spacial score (nSPS) is 14.4. The second-order valence-electron chi connectivity index (χ2n) is 16.0. The third-order valence-corrected chi connectivity index (χ3v) is 11.4. The number of hydrogen-bond acceptors (Lipinski definition) is 12. The number of phenols is 1. The highest BCUT2D eigenvalue weighted by atomic mass is 32.1. The van der Waals surface area contributed by atoms with E-state index >= 15 is 0 Å². The van der Waals surface area contributed by atoms with Crippen LogP contribution in [0, 0.1) is 5.92 Å². The lowest BCUT2D eigenvalue weighted by Gasteiger charge is -2.28. The van der Waals surface area contributed by atoms with Crippen molar-refractivity contribution in [1.29, 1.82) is 0 Å². The van der Waals surface area contributed by atoms with Crippen molar-refractivity contribution in [2.75, 3.05) is 18.1 Å². The van der Waals surface area contributed by atoms with E-state index in [0.29, 0.717) is 30.5 Å². The summed E-state index contributed by atoms with van der Waals surface area (Å²) in [5.41, 5.74) is 14.8. The van der Waals surface area contributed by atoms with Crippen molar-refractivity contribution in [2.45, 2.75) is 94.7 Å². The van der Waals surface area contributed by atoms with Gasteiger partial charge in [-0.1, -0.05) is 74.5 Å². The monoisotopic (exact) mass is 930 g/mol. The van der Waals surface area contributed by atoms with E-state index < -0.39 is 83.7 Å². The zero-order valence-corrected chi connectivity index (χ0v) is 38.2. The molecule has 4 aromatic rings. The van der Waals surface area contributed by atoms with Crippen molar-refractivity contribution in [3.05, 3.63) is 102 Å². The highest BCUT2D eigenvalue weighted by Crippen LogP contribution is 2.20. The molecule has 7 atom stereocenters. The molecule has 0 saturated heterocycles. The Balaban J connectivity index is 1.63. The number of hydrogen-bond donors (Lipinski definition) is 12. The quantitative estimate of drug-likeness (QED) is 0.0312. The first-order valence-electron chi connectivity index (χ1n) is 21.4. The molecule has 19 heteroatoms. The molecule has 6 amide bonds. The number of thiol groups is 2. The number of H-pyrrole nitrogens is 1. The van der Waals surface area contributed by atoms with Crippen LogP contribution in [0.5, 0.6) is 5.75 Å². The van der Waals surface area contributed by atoms with Crippen LogP contribution < -0.4 is 43.4 Å². The smallest absolute Gasteiger partial charge is 0.244 e. The topological polar surface area (TPSA) is 280 Å². The number of carbonyl (C=O) groups excluding carboxylic acids is 7. The summed E-state index contributed by atoms with van der Waals surface area (Å²) in [6, 6.07) is 14.3. The maximum atomic E-state index is 14.5. The third-order valence-electron chi connectivity index (χ3n) is 10.7. The van der Waals surface area contributed by atoms with Gasteiger partial charge in [0.05, 0.1) is 6.04 Å². The van der Waals surface area contributed by atoms with Crippen LogP contribution in [0.25, 0.3) is 10.9 Å². The number of amides is 6. The number of nitrogens with one attached hydrogen (secondary N) is 7.